The molecule has 4 aromatic carbocycles. The summed E-state index contributed by atoms with van der Waals surface area (Å²) in [6, 6.07) is 44.5. The first kappa shape index (κ1) is 30.3. The van der Waals surface area contributed by atoms with E-state index in [9.17, 15) is 0 Å². The number of pyridine rings is 2. The van der Waals surface area contributed by atoms with Crippen molar-refractivity contribution in [2.45, 2.75) is 20.8 Å². The Morgan fingerprint density at radius 1 is 0.619 bits per heavy atom. The van der Waals surface area contributed by atoms with Crippen LogP contribution in [0.2, 0.25) is 0 Å². The molecular formula is C38H29IrN3-2. The summed E-state index contributed by atoms with van der Waals surface area (Å²) in [7, 11) is 0. The summed E-state index contributed by atoms with van der Waals surface area (Å²) in [6.07, 6.45) is 3.73. The van der Waals surface area contributed by atoms with Crippen LogP contribution in [-0.2, 0) is 20.1 Å². The molecule has 0 spiro atoms. The predicted octanol–water partition coefficient (Wildman–Crippen LogP) is 9.23. The minimum absolute atomic E-state index is 0. The van der Waals surface area contributed by atoms with E-state index in [1.165, 1.54) is 27.8 Å². The third-order valence-corrected chi connectivity index (χ3v) is 6.78. The van der Waals surface area contributed by atoms with E-state index in [1.54, 1.807) is 12.3 Å². The molecule has 0 aliphatic rings. The predicted molar refractivity (Wildman–Crippen MR) is 167 cm³/mol. The Labute approximate surface area is 261 Å². The van der Waals surface area contributed by atoms with Gasteiger partial charge in [-0.2, -0.15) is 5.26 Å². The zero-order valence-electron chi connectivity index (χ0n) is 23.7. The van der Waals surface area contributed by atoms with Crippen LogP contribution in [0.1, 0.15) is 22.3 Å². The number of nitrogens with zero attached hydrogens (tertiary/aromatic N) is 3. The van der Waals surface area contributed by atoms with Gasteiger partial charge in [-0.05, 0) is 78.2 Å². The molecule has 0 bridgehead atoms. The second-order valence-electron chi connectivity index (χ2n) is 9.88. The first-order chi connectivity index (χ1) is 20.0. The average molecular weight is 720 g/mol. The van der Waals surface area contributed by atoms with Gasteiger partial charge in [0, 0.05) is 32.5 Å². The SMILES string of the molecule is Cc1cc(C)c(-c2ccc(-c3[c-]cccc3)nc2)c(C)c1.N#Cc1cccc(-c2cc[c-]c(-c3ccccn3)c2)c1.[Ir]. The normalized spacial score (nSPS) is 10.0. The van der Waals surface area contributed by atoms with E-state index in [0.29, 0.717) is 5.56 Å². The van der Waals surface area contributed by atoms with Crippen molar-refractivity contribution in [1.82, 2.24) is 9.97 Å². The summed E-state index contributed by atoms with van der Waals surface area (Å²) < 4.78 is 0. The van der Waals surface area contributed by atoms with Crippen LogP contribution in [0.4, 0.5) is 0 Å². The second-order valence-corrected chi connectivity index (χ2v) is 9.88. The van der Waals surface area contributed by atoms with Crippen LogP contribution in [-0.4, -0.2) is 9.97 Å². The fourth-order valence-corrected chi connectivity index (χ4v) is 4.97. The van der Waals surface area contributed by atoms with Gasteiger partial charge in [-0.15, -0.1) is 71.3 Å². The topological polar surface area (TPSA) is 49.6 Å². The van der Waals surface area contributed by atoms with E-state index in [2.05, 4.69) is 73.2 Å². The van der Waals surface area contributed by atoms with E-state index in [-0.39, 0.29) is 20.1 Å². The number of aromatic nitrogens is 2. The number of rotatable bonds is 4. The molecule has 3 nitrogen and oxygen atoms in total. The molecule has 42 heavy (non-hydrogen) atoms. The van der Waals surface area contributed by atoms with Gasteiger partial charge < -0.3 is 9.97 Å². The van der Waals surface area contributed by atoms with E-state index < -0.39 is 0 Å². The van der Waals surface area contributed by atoms with Crippen molar-refractivity contribution in [1.29, 1.82) is 5.26 Å². The van der Waals surface area contributed by atoms with Crippen molar-refractivity contribution in [3.63, 3.8) is 0 Å². The molecule has 0 amide bonds. The summed E-state index contributed by atoms with van der Waals surface area (Å²) in [5, 5.41) is 8.98. The average Bonchev–Trinajstić information content (AvgIpc) is 3.02. The van der Waals surface area contributed by atoms with Crippen LogP contribution in [0.15, 0.2) is 122 Å². The third-order valence-electron chi connectivity index (χ3n) is 6.78. The van der Waals surface area contributed by atoms with Crippen LogP contribution in [0.5, 0.6) is 0 Å². The van der Waals surface area contributed by atoms with Gasteiger partial charge in [0.1, 0.15) is 0 Å². The van der Waals surface area contributed by atoms with Gasteiger partial charge >= 0.3 is 0 Å². The number of hydrogen-bond donors (Lipinski definition) is 0. The maximum absolute atomic E-state index is 8.98. The maximum atomic E-state index is 8.98. The van der Waals surface area contributed by atoms with Gasteiger partial charge in [-0.1, -0.05) is 54.1 Å². The van der Waals surface area contributed by atoms with Crippen molar-refractivity contribution in [3.05, 3.63) is 156 Å². The Bertz CT molecular complexity index is 1780. The van der Waals surface area contributed by atoms with E-state index >= 15 is 0 Å². The van der Waals surface area contributed by atoms with Crippen LogP contribution < -0.4 is 0 Å². The van der Waals surface area contributed by atoms with Crippen LogP contribution in [0, 0.1) is 44.2 Å². The molecule has 6 aromatic rings. The summed E-state index contributed by atoms with van der Waals surface area (Å²) in [4.78, 5) is 8.93. The molecule has 207 valence electrons. The number of hydrogen-bond acceptors (Lipinski definition) is 3. The molecule has 4 heteroatoms. The summed E-state index contributed by atoms with van der Waals surface area (Å²) in [5.74, 6) is 0. The van der Waals surface area contributed by atoms with Gasteiger partial charge in [0.25, 0.3) is 0 Å². The monoisotopic (exact) mass is 720 g/mol. The Balaban J connectivity index is 0.000000189. The Hall–Kier alpha value is -4.68. The summed E-state index contributed by atoms with van der Waals surface area (Å²) in [6.45, 7) is 6.46. The van der Waals surface area contributed by atoms with Gasteiger partial charge in [0.05, 0.1) is 11.6 Å². The minimum atomic E-state index is 0. The van der Waals surface area contributed by atoms with E-state index in [1.807, 2.05) is 85.1 Å². The molecule has 0 unspecified atom stereocenters. The Morgan fingerprint density at radius 3 is 2.02 bits per heavy atom. The zero-order chi connectivity index (χ0) is 28.6. The summed E-state index contributed by atoms with van der Waals surface area (Å²) >= 11 is 0. The first-order valence-electron chi connectivity index (χ1n) is 13.5. The molecule has 2 aromatic heterocycles. The molecular weight excluding hydrogens is 691 g/mol. The van der Waals surface area contributed by atoms with Crippen molar-refractivity contribution in [2.75, 3.05) is 0 Å². The van der Waals surface area contributed by atoms with Crippen molar-refractivity contribution < 1.29 is 20.1 Å². The van der Waals surface area contributed by atoms with Gasteiger partial charge in [-0.3, -0.25) is 0 Å². The fraction of sp³-hybridized carbons (Fsp3) is 0.0789. The van der Waals surface area contributed by atoms with Crippen molar-refractivity contribution >= 4 is 0 Å². The molecule has 0 aliphatic heterocycles. The Kier molecular flexibility index (Phi) is 10.3. The largest absolute Gasteiger partial charge is 0.305 e. The van der Waals surface area contributed by atoms with Crippen LogP contribution >= 0.6 is 0 Å². The molecule has 2 heterocycles. The molecule has 0 aliphatic carbocycles. The standard InChI is InChI=1S/C20H18N.C18H11N2.Ir/c1-14-11-15(2)20(16(3)12-14)18-9-10-19(21-13-18)17-7-5-4-6-8-17;19-13-14-5-3-6-15(11-14)16-7-4-8-17(12-16)18-9-1-2-10-20-18;/h4-7,9-13H,1-3H3;1-7,9-12H;/q2*-1;. The molecule has 1 radical (unpaired) electrons. The van der Waals surface area contributed by atoms with Gasteiger partial charge in [0.2, 0.25) is 0 Å². The maximum Gasteiger partial charge on any atom is 0.0991 e. The van der Waals surface area contributed by atoms with E-state index in [0.717, 1.165) is 33.6 Å². The number of aryl methyl sites for hydroxylation is 3. The summed E-state index contributed by atoms with van der Waals surface area (Å²) in [5.41, 5.74) is 12.9. The smallest absolute Gasteiger partial charge is 0.0991 e. The van der Waals surface area contributed by atoms with Crippen LogP contribution in [0.3, 0.4) is 0 Å². The van der Waals surface area contributed by atoms with Crippen LogP contribution in [0.25, 0.3) is 44.8 Å². The molecule has 0 N–H and O–H groups in total. The number of benzene rings is 4. The quantitative estimate of drug-likeness (QED) is 0.171. The second kappa shape index (κ2) is 14.3. The van der Waals surface area contributed by atoms with Crippen molar-refractivity contribution in [2.24, 2.45) is 0 Å². The fourth-order valence-electron chi connectivity index (χ4n) is 4.97. The molecule has 0 saturated heterocycles. The Morgan fingerprint density at radius 2 is 1.36 bits per heavy atom. The molecule has 6 rings (SSSR count). The van der Waals surface area contributed by atoms with E-state index in [4.69, 9.17) is 5.26 Å². The third kappa shape index (κ3) is 7.33. The minimum Gasteiger partial charge on any atom is -0.305 e. The molecule has 0 saturated carbocycles. The molecule has 0 fully saturated rings. The van der Waals surface area contributed by atoms with Crippen molar-refractivity contribution in [3.8, 4) is 50.8 Å². The molecule has 0 atom stereocenters. The van der Waals surface area contributed by atoms with Gasteiger partial charge in [-0.25, -0.2) is 0 Å². The first-order valence-corrected chi connectivity index (χ1v) is 13.5. The van der Waals surface area contributed by atoms with Gasteiger partial charge in [0.15, 0.2) is 0 Å². The number of nitriles is 1. The zero-order valence-corrected chi connectivity index (χ0v) is 26.1.